The molecule has 0 spiro atoms. The Bertz CT molecular complexity index is 570. The Hall–Kier alpha value is -1.11. The van der Waals surface area contributed by atoms with Gasteiger partial charge < -0.3 is 10.4 Å². The number of carboxylic acid groups (broad SMARTS) is 1. The van der Waals surface area contributed by atoms with Crippen LogP contribution in [-0.2, 0) is 4.79 Å². The number of aliphatic carboxylic acids is 1. The van der Waals surface area contributed by atoms with Gasteiger partial charge in [-0.1, -0.05) is 30.1 Å². The Labute approximate surface area is 136 Å². The minimum atomic E-state index is -1.00. The number of hydrogen-bond donors (Lipinski definition) is 2. The molecule has 0 saturated carbocycles. The van der Waals surface area contributed by atoms with Crippen molar-refractivity contribution in [2.45, 2.75) is 24.8 Å². The Kier molecular flexibility index (Phi) is 5.24. The van der Waals surface area contributed by atoms with Crippen LogP contribution < -0.4 is 5.32 Å². The van der Waals surface area contributed by atoms with E-state index >= 15 is 0 Å². The number of urea groups is 1. The highest BCUT2D eigenvalue weighted by atomic mass is 35.5. The molecule has 2 rings (SSSR count). The standard InChI is InChI=1S/C13H14Cl2N2O3S/c1-2-11-17(10(6-21-11)12(18)19)13(20)16-9-4-3-7(14)5-8(9)15/h3-5,10-11H,2,6H2,1H3,(H,16,20)(H,18,19). The minimum Gasteiger partial charge on any atom is -0.480 e. The first-order valence-corrected chi connectivity index (χ1v) is 8.13. The third-order valence-electron chi connectivity index (χ3n) is 3.13. The van der Waals surface area contributed by atoms with Gasteiger partial charge in [0.2, 0.25) is 0 Å². The van der Waals surface area contributed by atoms with Crippen LogP contribution in [0.1, 0.15) is 13.3 Å². The van der Waals surface area contributed by atoms with Crippen molar-refractivity contribution in [2.75, 3.05) is 11.1 Å². The third-order valence-corrected chi connectivity index (χ3v) is 5.14. The third kappa shape index (κ3) is 3.56. The van der Waals surface area contributed by atoms with Gasteiger partial charge in [-0.15, -0.1) is 11.8 Å². The van der Waals surface area contributed by atoms with Crippen molar-refractivity contribution in [3.05, 3.63) is 28.2 Å². The first kappa shape index (κ1) is 16.3. The predicted molar refractivity (Wildman–Crippen MR) is 85.3 cm³/mol. The van der Waals surface area contributed by atoms with E-state index in [1.165, 1.54) is 22.7 Å². The molecule has 1 heterocycles. The summed E-state index contributed by atoms with van der Waals surface area (Å²) in [6.45, 7) is 1.91. The summed E-state index contributed by atoms with van der Waals surface area (Å²) in [6.07, 6.45) is 0.677. The quantitative estimate of drug-likeness (QED) is 0.872. The van der Waals surface area contributed by atoms with Crippen LogP contribution in [0.2, 0.25) is 10.0 Å². The molecular formula is C13H14Cl2N2O3S. The van der Waals surface area contributed by atoms with Crippen LogP contribution in [0.5, 0.6) is 0 Å². The van der Waals surface area contributed by atoms with Crippen LogP contribution in [0, 0.1) is 0 Å². The number of benzene rings is 1. The molecule has 1 aromatic carbocycles. The van der Waals surface area contributed by atoms with Gasteiger partial charge in [0.1, 0.15) is 6.04 Å². The molecule has 0 aliphatic carbocycles. The van der Waals surface area contributed by atoms with Gasteiger partial charge in [-0.25, -0.2) is 9.59 Å². The molecule has 8 heteroatoms. The van der Waals surface area contributed by atoms with E-state index < -0.39 is 18.0 Å². The van der Waals surface area contributed by atoms with Gasteiger partial charge in [0.25, 0.3) is 0 Å². The van der Waals surface area contributed by atoms with E-state index in [1.807, 2.05) is 6.92 Å². The molecule has 0 bridgehead atoms. The summed E-state index contributed by atoms with van der Waals surface area (Å²) < 4.78 is 0. The van der Waals surface area contributed by atoms with Crippen molar-refractivity contribution in [2.24, 2.45) is 0 Å². The van der Waals surface area contributed by atoms with Gasteiger partial charge in [0.15, 0.2) is 0 Å². The van der Waals surface area contributed by atoms with Crippen molar-refractivity contribution in [1.29, 1.82) is 0 Å². The molecule has 1 aliphatic heterocycles. The zero-order valence-electron chi connectivity index (χ0n) is 11.2. The largest absolute Gasteiger partial charge is 0.480 e. The van der Waals surface area contributed by atoms with Crippen molar-refractivity contribution < 1.29 is 14.7 Å². The molecule has 0 aromatic heterocycles. The number of amides is 2. The van der Waals surface area contributed by atoms with Crippen LogP contribution in [-0.4, -0.2) is 39.2 Å². The van der Waals surface area contributed by atoms with Crippen LogP contribution >= 0.6 is 35.0 Å². The number of carbonyl (C=O) groups is 2. The molecular weight excluding hydrogens is 335 g/mol. The average Bonchev–Trinajstić information content (AvgIpc) is 2.86. The number of hydrogen-bond acceptors (Lipinski definition) is 3. The lowest BCUT2D eigenvalue weighted by atomic mass is 10.2. The van der Waals surface area contributed by atoms with E-state index in [1.54, 1.807) is 12.1 Å². The zero-order valence-corrected chi connectivity index (χ0v) is 13.5. The van der Waals surface area contributed by atoms with Gasteiger partial charge in [-0.2, -0.15) is 0 Å². The van der Waals surface area contributed by atoms with E-state index in [4.69, 9.17) is 23.2 Å². The first-order valence-electron chi connectivity index (χ1n) is 6.32. The molecule has 21 heavy (non-hydrogen) atoms. The molecule has 1 aromatic rings. The zero-order chi connectivity index (χ0) is 15.6. The minimum absolute atomic E-state index is 0.155. The Morgan fingerprint density at radius 2 is 2.19 bits per heavy atom. The molecule has 2 atom stereocenters. The summed E-state index contributed by atoms with van der Waals surface area (Å²) in [5, 5.41) is 12.5. The molecule has 1 saturated heterocycles. The fraction of sp³-hybridized carbons (Fsp3) is 0.385. The van der Waals surface area contributed by atoms with Crippen molar-refractivity contribution >= 4 is 52.7 Å². The number of carbonyl (C=O) groups excluding carboxylic acids is 1. The average molecular weight is 349 g/mol. The molecule has 1 aliphatic rings. The SMILES string of the molecule is CCC1SCC(C(=O)O)N1C(=O)Nc1ccc(Cl)cc1Cl. The highest BCUT2D eigenvalue weighted by Gasteiger charge is 2.40. The second-order valence-electron chi connectivity index (χ2n) is 4.51. The maximum atomic E-state index is 12.4. The fourth-order valence-electron chi connectivity index (χ4n) is 2.11. The molecule has 1 fully saturated rings. The topological polar surface area (TPSA) is 69.6 Å². The highest BCUT2D eigenvalue weighted by Crippen LogP contribution is 2.33. The van der Waals surface area contributed by atoms with Crippen LogP contribution in [0.15, 0.2) is 18.2 Å². The van der Waals surface area contributed by atoms with Gasteiger partial charge in [0, 0.05) is 10.8 Å². The number of halogens is 2. The highest BCUT2D eigenvalue weighted by molar-refractivity contribution is 8.00. The van der Waals surface area contributed by atoms with Gasteiger partial charge in [0.05, 0.1) is 16.1 Å². The smallest absolute Gasteiger partial charge is 0.327 e. The molecule has 5 nitrogen and oxygen atoms in total. The lowest BCUT2D eigenvalue weighted by Gasteiger charge is -2.27. The lowest BCUT2D eigenvalue weighted by Crippen LogP contribution is -2.47. The van der Waals surface area contributed by atoms with E-state index in [2.05, 4.69) is 5.32 Å². The van der Waals surface area contributed by atoms with Gasteiger partial charge in [-0.05, 0) is 24.6 Å². The molecule has 0 radical (unpaired) electrons. The molecule has 2 N–H and O–H groups in total. The fourth-order valence-corrected chi connectivity index (χ4v) is 3.91. The van der Waals surface area contributed by atoms with Crippen LogP contribution in [0.3, 0.4) is 0 Å². The molecule has 2 amide bonds. The first-order chi connectivity index (χ1) is 9.93. The maximum absolute atomic E-state index is 12.4. The van der Waals surface area contributed by atoms with Gasteiger partial charge >= 0.3 is 12.0 Å². The van der Waals surface area contributed by atoms with E-state index in [9.17, 15) is 14.7 Å². The number of carboxylic acids is 1. The van der Waals surface area contributed by atoms with E-state index in [0.29, 0.717) is 27.9 Å². The normalized spacial score (nSPS) is 21.4. The summed E-state index contributed by atoms with van der Waals surface area (Å²) in [4.78, 5) is 25.0. The summed E-state index contributed by atoms with van der Waals surface area (Å²) in [7, 11) is 0. The van der Waals surface area contributed by atoms with Crippen molar-refractivity contribution in [3.8, 4) is 0 Å². The van der Waals surface area contributed by atoms with Gasteiger partial charge in [-0.3, -0.25) is 4.90 Å². The second kappa shape index (κ2) is 6.77. The van der Waals surface area contributed by atoms with Crippen LogP contribution in [0.25, 0.3) is 0 Å². The monoisotopic (exact) mass is 348 g/mol. The van der Waals surface area contributed by atoms with E-state index in [0.717, 1.165) is 0 Å². The molecule has 2 unspecified atom stereocenters. The van der Waals surface area contributed by atoms with Crippen molar-refractivity contribution in [1.82, 2.24) is 4.90 Å². The Morgan fingerprint density at radius 3 is 2.76 bits per heavy atom. The number of nitrogens with zero attached hydrogens (tertiary/aromatic N) is 1. The predicted octanol–water partition coefficient (Wildman–Crippen LogP) is 3.76. The summed E-state index contributed by atoms with van der Waals surface area (Å²) >= 11 is 13.3. The Balaban J connectivity index is 2.18. The Morgan fingerprint density at radius 1 is 1.48 bits per heavy atom. The van der Waals surface area contributed by atoms with E-state index in [-0.39, 0.29) is 5.37 Å². The summed E-state index contributed by atoms with van der Waals surface area (Å²) in [5.74, 6) is -0.619. The number of thioether (sulfide) groups is 1. The second-order valence-corrected chi connectivity index (χ2v) is 6.57. The molecule has 114 valence electrons. The summed E-state index contributed by atoms with van der Waals surface area (Å²) in [6, 6.07) is 3.41. The maximum Gasteiger partial charge on any atom is 0.327 e. The van der Waals surface area contributed by atoms with Crippen molar-refractivity contribution in [3.63, 3.8) is 0 Å². The summed E-state index contributed by atoms with van der Waals surface area (Å²) in [5.41, 5.74) is 0.405. The van der Waals surface area contributed by atoms with Crippen LogP contribution in [0.4, 0.5) is 10.5 Å². The number of anilines is 1. The lowest BCUT2D eigenvalue weighted by molar-refractivity contribution is -0.141. The number of nitrogens with one attached hydrogen (secondary N) is 1. The number of rotatable bonds is 3.